The topological polar surface area (TPSA) is 53.2 Å². The third-order valence-electron chi connectivity index (χ3n) is 5.39. The fourth-order valence-corrected chi connectivity index (χ4v) is 4.03. The van der Waals surface area contributed by atoms with E-state index in [-0.39, 0.29) is 6.10 Å². The van der Waals surface area contributed by atoms with Gasteiger partial charge in [-0.2, -0.15) is 0 Å². The fourth-order valence-electron chi connectivity index (χ4n) is 4.03. The summed E-state index contributed by atoms with van der Waals surface area (Å²) in [4.78, 5) is 9.36. The van der Waals surface area contributed by atoms with Gasteiger partial charge in [-0.05, 0) is 17.7 Å². The van der Waals surface area contributed by atoms with Gasteiger partial charge in [0.15, 0.2) is 5.96 Å². The monoisotopic (exact) mass is 368 g/mol. The first kappa shape index (κ1) is 18.1. The van der Waals surface area contributed by atoms with Gasteiger partial charge in [0.25, 0.3) is 0 Å². The normalized spacial score (nSPS) is 23.4. The Bertz CT molecular complexity index is 732. The van der Waals surface area contributed by atoms with Crippen molar-refractivity contribution >= 4 is 5.96 Å². The Morgan fingerprint density at radius 1 is 1.19 bits per heavy atom. The maximum Gasteiger partial charge on any atom is 0.193 e. The highest BCUT2D eigenvalue weighted by Gasteiger charge is 2.41. The lowest BCUT2D eigenvalue weighted by Gasteiger charge is -2.36. The number of hydrogen-bond acceptors (Lipinski definition) is 4. The molecule has 2 aliphatic heterocycles. The van der Waals surface area contributed by atoms with Crippen molar-refractivity contribution in [1.29, 1.82) is 0 Å². The minimum absolute atomic E-state index is 0.242. The van der Waals surface area contributed by atoms with Crippen LogP contribution in [0.5, 0.6) is 0 Å². The van der Waals surface area contributed by atoms with Gasteiger partial charge in [-0.1, -0.05) is 30.3 Å². The van der Waals surface area contributed by atoms with Crippen LogP contribution in [-0.4, -0.2) is 67.7 Å². The zero-order chi connectivity index (χ0) is 18.5. The predicted octanol–water partition coefficient (Wildman–Crippen LogP) is 1.98. The standard InChI is InChI=1S/C21H28N4O2/c1-22-21(23-10-9-18-8-5-12-26-18)25-15-19-20(16-25)27-13-11-24(19)14-17-6-3-2-4-7-17/h2-8,12,19-20H,9-11,13-16H2,1H3,(H,22,23). The molecule has 0 aliphatic carbocycles. The number of hydrogen-bond donors (Lipinski definition) is 1. The molecule has 0 spiro atoms. The second-order valence-electron chi connectivity index (χ2n) is 7.14. The predicted molar refractivity (Wildman–Crippen MR) is 106 cm³/mol. The van der Waals surface area contributed by atoms with Crippen molar-refractivity contribution in [3.8, 4) is 0 Å². The summed E-state index contributed by atoms with van der Waals surface area (Å²) in [6.07, 6.45) is 2.81. The number of furan rings is 1. The molecule has 0 amide bonds. The lowest BCUT2D eigenvalue weighted by Crippen LogP contribution is -2.50. The average Bonchev–Trinajstić information content (AvgIpc) is 3.36. The van der Waals surface area contributed by atoms with Gasteiger partial charge in [-0.3, -0.25) is 9.89 Å². The number of fused-ring (bicyclic) bond motifs is 1. The van der Waals surface area contributed by atoms with E-state index in [1.807, 2.05) is 19.2 Å². The minimum atomic E-state index is 0.242. The SMILES string of the molecule is CN=C(NCCc1ccco1)N1CC2OCCN(Cc3ccccc3)C2C1. The molecule has 27 heavy (non-hydrogen) atoms. The van der Waals surface area contributed by atoms with Crippen molar-refractivity contribution in [3.63, 3.8) is 0 Å². The highest BCUT2D eigenvalue weighted by molar-refractivity contribution is 5.80. The maximum absolute atomic E-state index is 6.08. The van der Waals surface area contributed by atoms with Crippen LogP contribution in [0.2, 0.25) is 0 Å². The second-order valence-corrected chi connectivity index (χ2v) is 7.14. The molecular weight excluding hydrogens is 340 g/mol. The van der Waals surface area contributed by atoms with Crippen LogP contribution in [0.25, 0.3) is 0 Å². The van der Waals surface area contributed by atoms with Gasteiger partial charge >= 0.3 is 0 Å². The second kappa shape index (κ2) is 8.59. The summed E-state index contributed by atoms with van der Waals surface area (Å²) in [5.74, 6) is 1.93. The van der Waals surface area contributed by atoms with E-state index < -0.39 is 0 Å². The molecule has 2 saturated heterocycles. The molecule has 1 aromatic carbocycles. The van der Waals surface area contributed by atoms with Gasteiger partial charge < -0.3 is 19.4 Å². The van der Waals surface area contributed by atoms with Crippen molar-refractivity contribution in [3.05, 3.63) is 60.1 Å². The van der Waals surface area contributed by atoms with E-state index in [1.54, 1.807) is 6.26 Å². The van der Waals surface area contributed by atoms with Crippen LogP contribution < -0.4 is 5.32 Å². The van der Waals surface area contributed by atoms with Crippen molar-refractivity contribution in [2.24, 2.45) is 4.99 Å². The summed E-state index contributed by atoms with van der Waals surface area (Å²) in [7, 11) is 1.85. The Morgan fingerprint density at radius 3 is 2.85 bits per heavy atom. The Balaban J connectivity index is 1.35. The zero-order valence-electron chi connectivity index (χ0n) is 15.9. The number of benzene rings is 1. The molecule has 0 saturated carbocycles. The molecule has 0 bridgehead atoms. The number of rotatable bonds is 5. The molecule has 3 heterocycles. The van der Waals surface area contributed by atoms with Gasteiger partial charge in [0.2, 0.25) is 0 Å². The van der Waals surface area contributed by atoms with Crippen LogP contribution in [0, 0.1) is 0 Å². The van der Waals surface area contributed by atoms with E-state index in [2.05, 4.69) is 50.4 Å². The Morgan fingerprint density at radius 2 is 2.07 bits per heavy atom. The molecule has 2 aromatic rings. The first-order chi connectivity index (χ1) is 13.3. The van der Waals surface area contributed by atoms with Crippen LogP contribution in [0.4, 0.5) is 0 Å². The van der Waals surface area contributed by atoms with E-state index in [9.17, 15) is 0 Å². The van der Waals surface area contributed by atoms with Crippen LogP contribution in [0.1, 0.15) is 11.3 Å². The molecule has 2 unspecified atom stereocenters. The summed E-state index contributed by atoms with van der Waals surface area (Å²) in [6, 6.07) is 15.0. The first-order valence-corrected chi connectivity index (χ1v) is 9.71. The van der Waals surface area contributed by atoms with Gasteiger partial charge in [0.1, 0.15) is 5.76 Å². The molecule has 4 rings (SSSR count). The Kier molecular flexibility index (Phi) is 5.75. The summed E-state index contributed by atoms with van der Waals surface area (Å²) in [5, 5.41) is 3.47. The smallest absolute Gasteiger partial charge is 0.193 e. The summed E-state index contributed by atoms with van der Waals surface area (Å²) >= 11 is 0. The van der Waals surface area contributed by atoms with Crippen LogP contribution >= 0.6 is 0 Å². The molecule has 1 aromatic heterocycles. The number of aliphatic imine (C=N–C) groups is 1. The zero-order valence-corrected chi connectivity index (χ0v) is 15.9. The Hall–Kier alpha value is -2.31. The molecular formula is C21H28N4O2. The molecule has 144 valence electrons. The molecule has 6 nitrogen and oxygen atoms in total. The number of nitrogens with one attached hydrogen (secondary N) is 1. The average molecular weight is 368 g/mol. The van der Waals surface area contributed by atoms with Gasteiger partial charge in [-0.25, -0.2) is 0 Å². The number of ether oxygens (including phenoxy) is 1. The number of morpholine rings is 1. The van der Waals surface area contributed by atoms with Crippen molar-refractivity contribution in [2.75, 3.05) is 39.8 Å². The quantitative estimate of drug-likeness (QED) is 0.646. The third-order valence-corrected chi connectivity index (χ3v) is 5.39. The van der Waals surface area contributed by atoms with Crippen LogP contribution in [-0.2, 0) is 17.7 Å². The molecule has 2 atom stereocenters. The number of guanidine groups is 1. The summed E-state index contributed by atoms with van der Waals surface area (Å²) in [6.45, 7) is 5.39. The minimum Gasteiger partial charge on any atom is -0.469 e. The third kappa shape index (κ3) is 4.34. The van der Waals surface area contributed by atoms with E-state index in [0.29, 0.717) is 6.04 Å². The maximum atomic E-state index is 6.08. The molecule has 0 radical (unpaired) electrons. The lowest BCUT2D eigenvalue weighted by atomic mass is 10.1. The van der Waals surface area contributed by atoms with Crippen LogP contribution in [0.15, 0.2) is 58.1 Å². The Labute approximate surface area is 160 Å². The largest absolute Gasteiger partial charge is 0.469 e. The van der Waals surface area contributed by atoms with Gasteiger partial charge in [0.05, 0.1) is 25.0 Å². The summed E-state index contributed by atoms with van der Waals surface area (Å²) in [5.41, 5.74) is 1.36. The lowest BCUT2D eigenvalue weighted by molar-refractivity contribution is -0.0502. The fraction of sp³-hybridized carbons (Fsp3) is 0.476. The molecule has 1 N–H and O–H groups in total. The highest BCUT2D eigenvalue weighted by atomic mass is 16.5. The van der Waals surface area contributed by atoms with E-state index in [4.69, 9.17) is 9.15 Å². The molecule has 2 fully saturated rings. The van der Waals surface area contributed by atoms with Crippen molar-refractivity contribution < 1.29 is 9.15 Å². The summed E-state index contributed by atoms with van der Waals surface area (Å²) < 4.78 is 11.5. The first-order valence-electron chi connectivity index (χ1n) is 9.71. The van der Waals surface area contributed by atoms with Crippen molar-refractivity contribution in [1.82, 2.24) is 15.1 Å². The van der Waals surface area contributed by atoms with E-state index in [0.717, 1.165) is 57.5 Å². The number of likely N-dealkylation sites (tertiary alicyclic amines) is 1. The molecule has 6 heteroatoms. The number of nitrogens with zero attached hydrogens (tertiary/aromatic N) is 3. The van der Waals surface area contributed by atoms with Crippen molar-refractivity contribution in [2.45, 2.75) is 25.1 Å². The molecule has 2 aliphatic rings. The van der Waals surface area contributed by atoms with Gasteiger partial charge in [0, 0.05) is 46.2 Å². The highest BCUT2D eigenvalue weighted by Crippen LogP contribution is 2.24. The van der Waals surface area contributed by atoms with Gasteiger partial charge in [-0.15, -0.1) is 0 Å². The van der Waals surface area contributed by atoms with E-state index >= 15 is 0 Å². The van der Waals surface area contributed by atoms with Crippen LogP contribution in [0.3, 0.4) is 0 Å². The van der Waals surface area contributed by atoms with E-state index in [1.165, 1.54) is 5.56 Å².